The lowest BCUT2D eigenvalue weighted by Crippen LogP contribution is -2.36. The average Bonchev–Trinajstić information content (AvgIpc) is 3.53. The van der Waals surface area contributed by atoms with E-state index in [0.29, 0.717) is 39.4 Å². The van der Waals surface area contributed by atoms with Gasteiger partial charge in [0.15, 0.2) is 5.78 Å². The maximum Gasteiger partial charge on any atom is 0.490 e. The van der Waals surface area contributed by atoms with E-state index in [1.54, 1.807) is 28.0 Å². The summed E-state index contributed by atoms with van der Waals surface area (Å²) in [6.45, 7) is 5.94. The monoisotopic (exact) mass is 647 g/mol. The van der Waals surface area contributed by atoms with Crippen molar-refractivity contribution in [3.05, 3.63) is 52.1 Å². The zero-order valence-electron chi connectivity index (χ0n) is 27.2. The first kappa shape index (κ1) is 34.5. The van der Waals surface area contributed by atoms with E-state index in [1.807, 2.05) is 45.8 Å². The second-order valence-corrected chi connectivity index (χ2v) is 12.6. The molecule has 0 saturated carbocycles. The van der Waals surface area contributed by atoms with Gasteiger partial charge >= 0.3 is 12.1 Å². The Balaban J connectivity index is 1.67. The van der Waals surface area contributed by atoms with Crippen LogP contribution in [0.1, 0.15) is 58.2 Å². The lowest BCUT2D eigenvalue weighted by molar-refractivity contribution is -0.207. The van der Waals surface area contributed by atoms with E-state index < -0.39 is 29.8 Å². The molecule has 14 heteroatoms. The molecule has 46 heavy (non-hydrogen) atoms. The van der Waals surface area contributed by atoms with Gasteiger partial charge in [-0.05, 0) is 35.2 Å². The summed E-state index contributed by atoms with van der Waals surface area (Å²) in [6, 6.07) is 6.86. The van der Waals surface area contributed by atoms with Crippen LogP contribution in [0.4, 0.5) is 24.5 Å². The summed E-state index contributed by atoms with van der Waals surface area (Å²) in [5, 5.41) is 11.5. The number of ketones is 1. The van der Waals surface area contributed by atoms with Crippen molar-refractivity contribution in [3.8, 4) is 5.75 Å². The quantitative estimate of drug-likeness (QED) is 0.309. The van der Waals surface area contributed by atoms with Gasteiger partial charge in [0.05, 0.1) is 31.5 Å². The molecule has 0 radical (unpaired) electrons. The van der Waals surface area contributed by atoms with Gasteiger partial charge in [-0.15, -0.1) is 0 Å². The van der Waals surface area contributed by atoms with Crippen LogP contribution < -0.4 is 19.9 Å². The van der Waals surface area contributed by atoms with Crippen molar-refractivity contribution >= 4 is 34.9 Å². The fraction of sp³-hybridized carbons (Fsp3) is 0.500. The molecule has 1 saturated heterocycles. The minimum absolute atomic E-state index is 0.0812. The third kappa shape index (κ3) is 6.76. The molecule has 1 fully saturated rings. The second kappa shape index (κ2) is 12.8. The van der Waals surface area contributed by atoms with Gasteiger partial charge in [0.2, 0.25) is 0 Å². The molecular formula is C32H40F3N5O6. The number of ether oxygens (including phenoxy) is 3. The number of methoxy groups -OCH3 is 2. The average molecular weight is 648 g/mol. The highest BCUT2D eigenvalue weighted by Crippen LogP contribution is 2.42. The molecule has 4 rings (SSSR count). The molecule has 11 nitrogen and oxygen atoms in total. The summed E-state index contributed by atoms with van der Waals surface area (Å²) in [4.78, 5) is 43.2. The van der Waals surface area contributed by atoms with Crippen LogP contribution >= 0.6 is 0 Å². The fourth-order valence-corrected chi connectivity index (χ4v) is 5.79. The SMILES string of the molecule is CNC(=O)c1cc2c(cc1N(C)C)CN(CC(=O)c1cc(N3C[C@@H](OC)[C@H](OC(=O)C(F)(F)F)C3)c(OC)c(C(C)(C)C)c1)C2=N. The number of fused-ring (bicyclic) bond motifs is 1. The molecule has 0 aliphatic carbocycles. The summed E-state index contributed by atoms with van der Waals surface area (Å²) in [5.41, 5.74) is 3.41. The van der Waals surface area contributed by atoms with E-state index in [9.17, 15) is 27.6 Å². The van der Waals surface area contributed by atoms with Crippen molar-refractivity contribution < 1.29 is 41.8 Å². The fourth-order valence-electron chi connectivity index (χ4n) is 5.79. The maximum atomic E-state index is 13.9. The van der Waals surface area contributed by atoms with Gasteiger partial charge in [-0.25, -0.2) is 4.79 Å². The first-order valence-corrected chi connectivity index (χ1v) is 14.6. The smallest absolute Gasteiger partial charge is 0.490 e. The third-order valence-electron chi connectivity index (χ3n) is 8.19. The van der Waals surface area contributed by atoms with Crippen LogP contribution in [0.15, 0.2) is 24.3 Å². The predicted octanol–water partition coefficient (Wildman–Crippen LogP) is 3.75. The molecule has 0 unspecified atom stereocenters. The molecule has 0 bridgehead atoms. The number of Topliss-reactive ketones (excluding diaryl/α,β-unsaturated/α-hetero) is 1. The summed E-state index contributed by atoms with van der Waals surface area (Å²) in [7, 11) is 7.97. The van der Waals surface area contributed by atoms with E-state index in [0.717, 1.165) is 5.56 Å². The molecule has 2 heterocycles. The molecular weight excluding hydrogens is 607 g/mol. The van der Waals surface area contributed by atoms with Crippen LogP contribution in [0.3, 0.4) is 0 Å². The van der Waals surface area contributed by atoms with Crippen LogP contribution in [0.2, 0.25) is 0 Å². The van der Waals surface area contributed by atoms with Gasteiger partial charge < -0.3 is 34.2 Å². The first-order valence-electron chi connectivity index (χ1n) is 14.6. The zero-order valence-corrected chi connectivity index (χ0v) is 27.2. The molecule has 2 aromatic carbocycles. The number of esters is 1. The van der Waals surface area contributed by atoms with Crippen molar-refractivity contribution in [1.29, 1.82) is 5.41 Å². The zero-order chi connectivity index (χ0) is 34.3. The molecule has 2 aliphatic heterocycles. The van der Waals surface area contributed by atoms with Gasteiger partial charge in [0.25, 0.3) is 5.91 Å². The minimum atomic E-state index is -5.16. The number of nitrogens with one attached hydrogen (secondary N) is 2. The van der Waals surface area contributed by atoms with Crippen molar-refractivity contribution in [2.24, 2.45) is 0 Å². The number of amides is 1. The Morgan fingerprint density at radius 1 is 1.04 bits per heavy atom. The van der Waals surface area contributed by atoms with Crippen LogP contribution in [-0.2, 0) is 26.2 Å². The number of rotatable bonds is 9. The Labute approximate surface area is 266 Å². The molecule has 2 aromatic rings. The van der Waals surface area contributed by atoms with Crippen molar-refractivity contribution in [2.75, 3.05) is 64.8 Å². The normalized spacial score (nSPS) is 18.0. The number of benzene rings is 2. The number of halogens is 3. The topological polar surface area (TPSA) is 125 Å². The van der Waals surface area contributed by atoms with Crippen LogP contribution in [-0.4, -0.2) is 102 Å². The Bertz CT molecular complexity index is 1550. The number of hydrogen-bond acceptors (Lipinski definition) is 9. The van der Waals surface area contributed by atoms with Crippen molar-refractivity contribution in [3.63, 3.8) is 0 Å². The molecule has 0 spiro atoms. The Hall–Kier alpha value is -4.33. The highest BCUT2D eigenvalue weighted by Gasteiger charge is 2.46. The van der Waals surface area contributed by atoms with E-state index in [1.165, 1.54) is 21.3 Å². The van der Waals surface area contributed by atoms with Crippen molar-refractivity contribution in [2.45, 2.75) is 51.1 Å². The second-order valence-electron chi connectivity index (χ2n) is 12.6. The van der Waals surface area contributed by atoms with Crippen LogP contribution in [0.5, 0.6) is 5.75 Å². The molecule has 0 aromatic heterocycles. The number of carbonyl (C=O) groups excluding carboxylic acids is 3. The van der Waals surface area contributed by atoms with Gasteiger partial charge in [-0.3, -0.25) is 15.0 Å². The lowest BCUT2D eigenvalue weighted by Gasteiger charge is -2.29. The minimum Gasteiger partial charge on any atom is -0.494 e. The molecule has 2 aliphatic rings. The van der Waals surface area contributed by atoms with E-state index >= 15 is 0 Å². The number of anilines is 2. The van der Waals surface area contributed by atoms with Gasteiger partial charge in [-0.1, -0.05) is 20.8 Å². The number of nitrogens with zero attached hydrogens (tertiary/aromatic N) is 3. The number of amidine groups is 1. The van der Waals surface area contributed by atoms with Crippen molar-refractivity contribution in [1.82, 2.24) is 10.2 Å². The van der Waals surface area contributed by atoms with E-state index in [4.69, 9.17) is 19.6 Å². The first-order chi connectivity index (χ1) is 21.4. The number of hydrogen-bond donors (Lipinski definition) is 2. The van der Waals surface area contributed by atoms with Gasteiger partial charge in [0.1, 0.15) is 23.8 Å². The van der Waals surface area contributed by atoms with Crippen LogP contribution in [0.25, 0.3) is 0 Å². The molecule has 1 amide bonds. The number of alkyl halides is 3. The third-order valence-corrected chi connectivity index (χ3v) is 8.19. The lowest BCUT2D eigenvalue weighted by atomic mass is 9.84. The predicted molar refractivity (Wildman–Crippen MR) is 166 cm³/mol. The highest BCUT2D eigenvalue weighted by atomic mass is 19.4. The van der Waals surface area contributed by atoms with Gasteiger partial charge in [0, 0.05) is 63.7 Å². The summed E-state index contributed by atoms with van der Waals surface area (Å²) >= 11 is 0. The summed E-state index contributed by atoms with van der Waals surface area (Å²) in [5.74, 6) is -2.35. The Morgan fingerprint density at radius 2 is 1.70 bits per heavy atom. The molecule has 2 atom stereocenters. The summed E-state index contributed by atoms with van der Waals surface area (Å²) < 4.78 is 54.9. The molecule has 250 valence electrons. The Morgan fingerprint density at radius 3 is 2.24 bits per heavy atom. The van der Waals surface area contributed by atoms with Gasteiger partial charge in [-0.2, -0.15) is 13.2 Å². The highest BCUT2D eigenvalue weighted by molar-refractivity contribution is 6.08. The van der Waals surface area contributed by atoms with Crippen LogP contribution in [0, 0.1) is 5.41 Å². The molecule has 2 N–H and O–H groups in total. The Kier molecular flexibility index (Phi) is 9.62. The largest absolute Gasteiger partial charge is 0.494 e. The van der Waals surface area contributed by atoms with E-state index in [-0.39, 0.29) is 43.7 Å². The maximum absolute atomic E-state index is 13.9. The summed E-state index contributed by atoms with van der Waals surface area (Å²) in [6.07, 6.45) is -7.23. The standard InChI is InChI=1S/C32H40F3N5O6/c1-31(2,3)21-9-17(10-23(27(21)45-8)39-15-25(44-7)26(16-39)46-30(43)32(33,34)35)24(41)14-40-13-18-11-22(38(5)6)20(29(42)37-4)12-19(18)28(40)36/h9-12,25-26,36H,13-16H2,1-8H3,(H,37,42)/t25-,26-/m1/s1. The van der Waals surface area contributed by atoms with E-state index in [2.05, 4.69) is 5.32 Å². The number of carbonyl (C=O) groups is 3.